The fraction of sp³-hybridized carbons (Fsp3) is 0.429. The van der Waals surface area contributed by atoms with Crippen molar-refractivity contribution in [3.8, 4) is 0 Å². The normalized spacial score (nSPS) is 27.2. The number of carbonyl (C=O) groups excluding carboxylic acids is 2. The molecule has 1 saturated heterocycles. The van der Waals surface area contributed by atoms with Gasteiger partial charge >= 0.3 is 5.97 Å². The fourth-order valence-electron chi connectivity index (χ4n) is 0.961. The third kappa shape index (κ3) is 1.60. The van der Waals surface area contributed by atoms with Crippen molar-refractivity contribution >= 4 is 23.9 Å². The third-order valence-corrected chi connectivity index (χ3v) is 1.82. The van der Waals surface area contributed by atoms with Gasteiger partial charge in [-0.15, -0.1) is 0 Å². The molecule has 0 amide bonds. The summed E-state index contributed by atoms with van der Waals surface area (Å²) in [5.41, 5.74) is 1.59. The Bertz CT molecular complexity index is 210. The van der Waals surface area contributed by atoms with Crippen LogP contribution in [0.25, 0.3) is 0 Å². The minimum atomic E-state index is -0.410. The Balaban J connectivity index is 2.69. The van der Waals surface area contributed by atoms with Gasteiger partial charge in [-0.25, -0.2) is 4.79 Å². The standard InChI is InChI=1S/C7H7ClO3/c8-3-6-5(1-2-9)4-11-7(6)10/h2-3,5H,1,4H2/b6-3-. The molecule has 0 saturated carbocycles. The SMILES string of the molecule is O=CCC1COC(=O)/C1=C\Cl. The van der Waals surface area contributed by atoms with Crippen LogP contribution < -0.4 is 0 Å². The first-order valence-corrected chi connectivity index (χ1v) is 3.64. The van der Waals surface area contributed by atoms with Crippen LogP contribution in [0, 0.1) is 5.92 Å². The minimum Gasteiger partial charge on any atom is -0.462 e. The molecule has 1 heterocycles. The second kappa shape index (κ2) is 3.53. The predicted octanol–water partition coefficient (Wildman–Crippen LogP) is 0.871. The van der Waals surface area contributed by atoms with Crippen molar-refractivity contribution in [3.63, 3.8) is 0 Å². The van der Waals surface area contributed by atoms with E-state index in [1.54, 1.807) is 0 Å². The molecule has 1 rings (SSSR count). The number of aldehydes is 1. The summed E-state index contributed by atoms with van der Waals surface area (Å²) < 4.78 is 4.67. The molecule has 0 aliphatic carbocycles. The summed E-state index contributed by atoms with van der Waals surface area (Å²) in [5, 5.41) is 0. The first-order chi connectivity index (χ1) is 5.29. The lowest BCUT2D eigenvalue weighted by atomic mass is 10.0. The van der Waals surface area contributed by atoms with Gasteiger partial charge in [0.25, 0.3) is 0 Å². The molecule has 1 aliphatic heterocycles. The van der Waals surface area contributed by atoms with Crippen molar-refractivity contribution in [1.29, 1.82) is 0 Å². The summed E-state index contributed by atoms with van der Waals surface area (Å²) in [6, 6.07) is 0. The van der Waals surface area contributed by atoms with Crippen molar-refractivity contribution in [3.05, 3.63) is 11.1 Å². The molecule has 0 aromatic rings. The van der Waals surface area contributed by atoms with E-state index < -0.39 is 5.97 Å². The van der Waals surface area contributed by atoms with Gasteiger partial charge in [0.05, 0.1) is 12.2 Å². The highest BCUT2D eigenvalue weighted by atomic mass is 35.5. The second-order valence-electron chi connectivity index (χ2n) is 2.26. The molecule has 0 bridgehead atoms. The monoisotopic (exact) mass is 174 g/mol. The van der Waals surface area contributed by atoms with E-state index >= 15 is 0 Å². The van der Waals surface area contributed by atoms with Crippen LogP contribution in [0.2, 0.25) is 0 Å². The summed E-state index contributed by atoms with van der Waals surface area (Å²) in [6.07, 6.45) is 1.05. The van der Waals surface area contributed by atoms with Gasteiger partial charge in [0.1, 0.15) is 6.29 Å². The summed E-state index contributed by atoms with van der Waals surface area (Å²) in [4.78, 5) is 20.9. The topological polar surface area (TPSA) is 43.4 Å². The molecule has 0 aromatic heterocycles. The first-order valence-electron chi connectivity index (χ1n) is 3.20. The number of hydrogen-bond donors (Lipinski definition) is 0. The Kier molecular flexibility index (Phi) is 2.65. The maximum atomic E-state index is 10.8. The maximum absolute atomic E-state index is 10.8. The number of esters is 1. The lowest BCUT2D eigenvalue weighted by molar-refractivity contribution is -0.135. The van der Waals surface area contributed by atoms with Crippen molar-refractivity contribution in [2.45, 2.75) is 6.42 Å². The van der Waals surface area contributed by atoms with Crippen LogP contribution in [0.4, 0.5) is 0 Å². The van der Waals surface area contributed by atoms with Crippen molar-refractivity contribution in [1.82, 2.24) is 0 Å². The van der Waals surface area contributed by atoms with E-state index in [1.807, 2.05) is 0 Å². The lowest BCUT2D eigenvalue weighted by Crippen LogP contribution is -2.03. The van der Waals surface area contributed by atoms with Gasteiger partial charge in [-0.2, -0.15) is 0 Å². The van der Waals surface area contributed by atoms with Gasteiger partial charge in [0, 0.05) is 17.9 Å². The Labute approximate surface area is 69.0 Å². The molecule has 1 atom stereocenters. The lowest BCUT2D eigenvalue weighted by Gasteiger charge is -1.98. The van der Waals surface area contributed by atoms with Crippen LogP contribution >= 0.6 is 11.6 Å². The average molecular weight is 175 g/mol. The molecule has 60 valence electrons. The predicted molar refractivity (Wildman–Crippen MR) is 39.1 cm³/mol. The molecule has 4 heteroatoms. The zero-order valence-electron chi connectivity index (χ0n) is 5.75. The number of ether oxygens (including phenoxy) is 1. The molecule has 1 fully saturated rings. The van der Waals surface area contributed by atoms with E-state index in [0.29, 0.717) is 12.0 Å². The highest BCUT2D eigenvalue weighted by Crippen LogP contribution is 2.23. The van der Waals surface area contributed by atoms with E-state index in [0.717, 1.165) is 6.29 Å². The van der Waals surface area contributed by atoms with Crippen LogP contribution in [0.5, 0.6) is 0 Å². The molecular formula is C7H7ClO3. The number of rotatable bonds is 2. The van der Waals surface area contributed by atoms with Gasteiger partial charge < -0.3 is 9.53 Å². The van der Waals surface area contributed by atoms with E-state index in [4.69, 9.17) is 11.6 Å². The number of halogens is 1. The van der Waals surface area contributed by atoms with Crippen LogP contribution in [0.1, 0.15) is 6.42 Å². The quantitative estimate of drug-likeness (QED) is 0.355. The Morgan fingerprint density at radius 3 is 3.00 bits per heavy atom. The van der Waals surface area contributed by atoms with Gasteiger partial charge in [-0.3, -0.25) is 0 Å². The molecule has 1 aliphatic rings. The zero-order chi connectivity index (χ0) is 8.27. The molecule has 0 spiro atoms. The Morgan fingerprint density at radius 2 is 2.45 bits per heavy atom. The highest BCUT2D eigenvalue weighted by molar-refractivity contribution is 6.27. The number of hydrogen-bond acceptors (Lipinski definition) is 3. The molecule has 11 heavy (non-hydrogen) atoms. The maximum Gasteiger partial charge on any atom is 0.335 e. The van der Waals surface area contributed by atoms with E-state index in [1.165, 1.54) is 5.54 Å². The Morgan fingerprint density at radius 1 is 1.73 bits per heavy atom. The molecule has 0 N–H and O–H groups in total. The van der Waals surface area contributed by atoms with Crippen molar-refractivity contribution in [2.24, 2.45) is 5.92 Å². The number of cyclic esters (lactones) is 1. The summed E-state index contributed by atoms with van der Waals surface area (Å²) in [5.74, 6) is -0.552. The van der Waals surface area contributed by atoms with Gasteiger partial charge in [0.15, 0.2) is 0 Å². The molecule has 1 unspecified atom stereocenters. The van der Waals surface area contributed by atoms with Crippen LogP contribution in [0.3, 0.4) is 0 Å². The van der Waals surface area contributed by atoms with Gasteiger partial charge in [-0.1, -0.05) is 11.6 Å². The average Bonchev–Trinajstić information content (AvgIpc) is 2.33. The molecular weight excluding hydrogens is 168 g/mol. The second-order valence-corrected chi connectivity index (χ2v) is 2.48. The molecule has 0 radical (unpaired) electrons. The smallest absolute Gasteiger partial charge is 0.335 e. The van der Waals surface area contributed by atoms with E-state index in [-0.39, 0.29) is 12.5 Å². The highest BCUT2D eigenvalue weighted by Gasteiger charge is 2.29. The van der Waals surface area contributed by atoms with Crippen LogP contribution in [-0.2, 0) is 14.3 Å². The van der Waals surface area contributed by atoms with E-state index in [9.17, 15) is 9.59 Å². The minimum absolute atomic E-state index is 0.141. The fourth-order valence-corrected chi connectivity index (χ4v) is 1.23. The van der Waals surface area contributed by atoms with Crippen molar-refractivity contribution in [2.75, 3.05) is 6.61 Å². The third-order valence-electron chi connectivity index (χ3n) is 1.59. The Hall–Kier alpha value is -0.830. The molecule has 0 aromatic carbocycles. The zero-order valence-corrected chi connectivity index (χ0v) is 6.50. The summed E-state index contributed by atoms with van der Waals surface area (Å²) in [7, 11) is 0. The molecule has 3 nitrogen and oxygen atoms in total. The van der Waals surface area contributed by atoms with Gasteiger partial charge in [-0.05, 0) is 0 Å². The van der Waals surface area contributed by atoms with Crippen molar-refractivity contribution < 1.29 is 14.3 Å². The summed E-state index contributed by atoms with van der Waals surface area (Å²) >= 11 is 5.35. The van der Waals surface area contributed by atoms with E-state index in [2.05, 4.69) is 4.74 Å². The number of carbonyl (C=O) groups is 2. The largest absolute Gasteiger partial charge is 0.462 e. The van der Waals surface area contributed by atoms with Crippen LogP contribution in [0.15, 0.2) is 11.1 Å². The first kappa shape index (κ1) is 8.27. The van der Waals surface area contributed by atoms with Crippen LogP contribution in [-0.4, -0.2) is 18.9 Å². The summed E-state index contributed by atoms with van der Waals surface area (Å²) in [6.45, 7) is 0.274. The van der Waals surface area contributed by atoms with Gasteiger partial charge in [0.2, 0.25) is 0 Å².